The number of ether oxygens (including phenoxy) is 1. The fraction of sp³-hybridized carbons (Fsp3) is 0.667. The molecule has 118 valence electrons. The molecule has 0 radical (unpaired) electrons. The van der Waals surface area contributed by atoms with Crippen molar-refractivity contribution in [3.8, 4) is 5.75 Å². The van der Waals surface area contributed by atoms with Gasteiger partial charge in [-0.25, -0.2) is 0 Å². The Morgan fingerprint density at radius 3 is 2.62 bits per heavy atom. The van der Waals surface area contributed by atoms with E-state index in [0.717, 1.165) is 29.8 Å². The minimum atomic E-state index is 0.145. The van der Waals surface area contributed by atoms with Crippen molar-refractivity contribution in [3.63, 3.8) is 0 Å². The van der Waals surface area contributed by atoms with E-state index in [9.17, 15) is 0 Å². The number of nitrogen functional groups attached to an aromatic ring is 1. The van der Waals surface area contributed by atoms with E-state index in [2.05, 4.69) is 12.2 Å². The van der Waals surface area contributed by atoms with Crippen LogP contribution in [-0.4, -0.2) is 12.6 Å². The van der Waals surface area contributed by atoms with Gasteiger partial charge < -0.3 is 15.8 Å². The Balaban J connectivity index is 1.80. The molecule has 3 N–H and O–H groups in total. The molecule has 21 heavy (non-hydrogen) atoms. The van der Waals surface area contributed by atoms with Crippen molar-refractivity contribution in [2.45, 2.75) is 59.0 Å². The summed E-state index contributed by atoms with van der Waals surface area (Å²) in [6, 6.07) is 5.96. The highest BCUT2D eigenvalue weighted by Gasteiger charge is 2.17. The Bertz CT molecular complexity index is 437. The molecule has 1 saturated carbocycles. The molecule has 3 nitrogen and oxygen atoms in total. The lowest BCUT2D eigenvalue weighted by atomic mass is 9.81. The van der Waals surface area contributed by atoms with Crippen LogP contribution in [0.15, 0.2) is 18.2 Å². The number of hydrogen-bond acceptors (Lipinski definition) is 3. The first-order valence-corrected chi connectivity index (χ1v) is 8.34. The molecule has 0 saturated heterocycles. The highest BCUT2D eigenvalue weighted by Crippen LogP contribution is 2.31. The van der Waals surface area contributed by atoms with Crippen LogP contribution in [0.5, 0.6) is 5.75 Å². The van der Waals surface area contributed by atoms with Gasteiger partial charge in [0.05, 0.1) is 11.8 Å². The minimum absolute atomic E-state index is 0.145. The van der Waals surface area contributed by atoms with E-state index >= 15 is 0 Å². The van der Waals surface area contributed by atoms with Crippen LogP contribution in [0, 0.1) is 11.8 Å². The molecule has 0 spiro atoms. The van der Waals surface area contributed by atoms with Gasteiger partial charge in [0.15, 0.2) is 0 Å². The Morgan fingerprint density at radius 2 is 1.95 bits per heavy atom. The summed E-state index contributed by atoms with van der Waals surface area (Å²) in [7, 11) is 0. The van der Waals surface area contributed by atoms with Gasteiger partial charge in [-0.3, -0.25) is 0 Å². The number of hydrogen-bond donors (Lipinski definition) is 2. The summed E-state index contributed by atoms with van der Waals surface area (Å²) < 4.78 is 5.73. The largest absolute Gasteiger partial charge is 0.489 e. The zero-order valence-electron chi connectivity index (χ0n) is 13.7. The number of benzene rings is 1. The normalized spacial score (nSPS) is 22.3. The predicted octanol–water partition coefficient (Wildman–Crippen LogP) is 4.68. The molecule has 1 aromatic carbocycles. The first-order chi connectivity index (χ1) is 10.0. The topological polar surface area (TPSA) is 47.3 Å². The molecule has 1 fully saturated rings. The molecular weight excluding hydrogens is 260 g/mol. The first kappa shape index (κ1) is 16.0. The Hall–Kier alpha value is -1.38. The molecule has 1 aliphatic rings. The maximum atomic E-state index is 5.94. The molecule has 0 amide bonds. The first-order valence-electron chi connectivity index (χ1n) is 8.34. The molecular formula is C18H30N2O. The van der Waals surface area contributed by atoms with Crippen molar-refractivity contribution in [2.24, 2.45) is 11.8 Å². The lowest BCUT2D eigenvalue weighted by molar-refractivity contribution is 0.244. The number of nitrogens with two attached hydrogens (primary N) is 1. The second kappa shape index (κ2) is 7.58. The minimum Gasteiger partial charge on any atom is -0.489 e. The lowest BCUT2D eigenvalue weighted by Gasteiger charge is -2.26. The average Bonchev–Trinajstić information content (AvgIpc) is 2.44. The van der Waals surface area contributed by atoms with Gasteiger partial charge in [-0.1, -0.05) is 32.6 Å². The van der Waals surface area contributed by atoms with E-state index in [1.165, 1.54) is 32.1 Å². The molecule has 1 aromatic rings. The molecule has 2 rings (SSSR count). The average molecular weight is 290 g/mol. The van der Waals surface area contributed by atoms with E-state index in [1.807, 2.05) is 32.0 Å². The smallest absolute Gasteiger partial charge is 0.144 e. The van der Waals surface area contributed by atoms with Crippen LogP contribution >= 0.6 is 0 Å². The molecule has 1 aliphatic carbocycles. The van der Waals surface area contributed by atoms with Crippen LogP contribution in [0.4, 0.5) is 11.4 Å². The Labute approximate surface area is 129 Å². The summed E-state index contributed by atoms with van der Waals surface area (Å²) in [6.07, 6.45) is 7.00. The van der Waals surface area contributed by atoms with E-state index in [4.69, 9.17) is 10.5 Å². The predicted molar refractivity (Wildman–Crippen MR) is 90.8 cm³/mol. The fourth-order valence-corrected chi connectivity index (χ4v) is 3.04. The van der Waals surface area contributed by atoms with Crippen molar-refractivity contribution in [2.75, 3.05) is 17.6 Å². The highest BCUT2D eigenvalue weighted by atomic mass is 16.5. The Morgan fingerprint density at radius 1 is 1.24 bits per heavy atom. The van der Waals surface area contributed by atoms with Crippen LogP contribution in [-0.2, 0) is 0 Å². The molecule has 0 bridgehead atoms. The highest BCUT2D eigenvalue weighted by molar-refractivity contribution is 5.61. The van der Waals surface area contributed by atoms with Crippen LogP contribution in [0.1, 0.15) is 52.9 Å². The molecule has 0 heterocycles. The van der Waals surface area contributed by atoms with Gasteiger partial charge in [0.25, 0.3) is 0 Å². The maximum absolute atomic E-state index is 5.94. The van der Waals surface area contributed by atoms with Crippen LogP contribution in [0.2, 0.25) is 0 Å². The summed E-state index contributed by atoms with van der Waals surface area (Å²) in [6.45, 7) is 7.44. The Kier molecular flexibility index (Phi) is 5.77. The van der Waals surface area contributed by atoms with Gasteiger partial charge in [0.2, 0.25) is 0 Å². The van der Waals surface area contributed by atoms with E-state index in [1.54, 1.807) is 0 Å². The quantitative estimate of drug-likeness (QED) is 0.747. The van der Waals surface area contributed by atoms with E-state index in [-0.39, 0.29) is 6.10 Å². The molecule has 0 aromatic heterocycles. The van der Waals surface area contributed by atoms with Crippen molar-refractivity contribution in [1.29, 1.82) is 0 Å². The third-order valence-electron chi connectivity index (χ3n) is 4.39. The van der Waals surface area contributed by atoms with Gasteiger partial charge in [-0.05, 0) is 44.2 Å². The van der Waals surface area contributed by atoms with Crippen molar-refractivity contribution < 1.29 is 4.74 Å². The van der Waals surface area contributed by atoms with Crippen molar-refractivity contribution >= 4 is 11.4 Å². The van der Waals surface area contributed by atoms with Crippen LogP contribution < -0.4 is 15.8 Å². The van der Waals surface area contributed by atoms with Crippen LogP contribution in [0.3, 0.4) is 0 Å². The van der Waals surface area contributed by atoms with E-state index < -0.39 is 0 Å². The summed E-state index contributed by atoms with van der Waals surface area (Å²) in [5, 5.41) is 3.51. The maximum Gasteiger partial charge on any atom is 0.144 e. The lowest BCUT2D eigenvalue weighted by Crippen LogP contribution is -2.16. The van der Waals surface area contributed by atoms with Crippen molar-refractivity contribution in [3.05, 3.63) is 18.2 Å². The summed E-state index contributed by atoms with van der Waals surface area (Å²) in [5.41, 5.74) is 7.75. The van der Waals surface area contributed by atoms with Gasteiger partial charge in [-0.15, -0.1) is 0 Å². The second-order valence-electron chi connectivity index (χ2n) is 6.76. The molecule has 0 aliphatic heterocycles. The van der Waals surface area contributed by atoms with Gasteiger partial charge in [0, 0.05) is 18.3 Å². The monoisotopic (exact) mass is 290 g/mol. The molecule has 3 heteroatoms. The second-order valence-corrected chi connectivity index (χ2v) is 6.76. The zero-order valence-corrected chi connectivity index (χ0v) is 13.7. The van der Waals surface area contributed by atoms with Crippen molar-refractivity contribution in [1.82, 2.24) is 0 Å². The summed E-state index contributed by atoms with van der Waals surface area (Å²) in [4.78, 5) is 0. The summed E-state index contributed by atoms with van der Waals surface area (Å²) in [5.74, 6) is 2.61. The van der Waals surface area contributed by atoms with Gasteiger partial charge in [0.1, 0.15) is 5.75 Å². The number of anilines is 2. The van der Waals surface area contributed by atoms with Gasteiger partial charge >= 0.3 is 0 Å². The fourth-order valence-electron chi connectivity index (χ4n) is 3.04. The molecule has 0 unspecified atom stereocenters. The molecule has 0 atom stereocenters. The summed E-state index contributed by atoms with van der Waals surface area (Å²) >= 11 is 0. The van der Waals surface area contributed by atoms with Crippen LogP contribution in [0.25, 0.3) is 0 Å². The third kappa shape index (κ3) is 5.14. The number of rotatable bonds is 6. The zero-order chi connectivity index (χ0) is 15.2. The standard InChI is InChI=1S/C18H30N2O/c1-13(2)21-18-12-16(8-9-17(18)19)20-11-10-15-6-4-14(3)5-7-15/h8-9,12-15,20H,4-7,10-11,19H2,1-3H3. The van der Waals surface area contributed by atoms with E-state index in [0.29, 0.717) is 5.69 Å². The third-order valence-corrected chi connectivity index (χ3v) is 4.39. The van der Waals surface area contributed by atoms with Gasteiger partial charge in [-0.2, -0.15) is 0 Å². The number of nitrogens with one attached hydrogen (secondary N) is 1. The SMILES string of the molecule is CC1CCC(CCNc2ccc(N)c(OC(C)C)c2)CC1.